The fraction of sp³-hybridized carbons (Fsp3) is 0.389. The molecule has 0 N–H and O–H groups in total. The maximum absolute atomic E-state index is 12.9. The predicted octanol–water partition coefficient (Wildman–Crippen LogP) is 2.38. The lowest BCUT2D eigenvalue weighted by Gasteiger charge is -2.16. The van der Waals surface area contributed by atoms with Crippen LogP contribution < -0.4 is 4.74 Å². The van der Waals surface area contributed by atoms with Crippen LogP contribution in [0.15, 0.2) is 53.0 Å². The van der Waals surface area contributed by atoms with Gasteiger partial charge in [-0.15, -0.1) is 0 Å². The van der Waals surface area contributed by atoms with Gasteiger partial charge in [0.25, 0.3) is 0 Å². The van der Waals surface area contributed by atoms with Gasteiger partial charge in [-0.2, -0.15) is 4.31 Å². The summed E-state index contributed by atoms with van der Waals surface area (Å²) in [6.07, 6.45) is 1.38. The van der Waals surface area contributed by atoms with Gasteiger partial charge in [0.15, 0.2) is 0 Å². The molecular formula is C18H23NO5S. The SMILES string of the molecule is C=C(C)C1CN(S(=O)(=O)c2ccc(OC)cc2)C/C1=C\C(=O)OCC. The van der Waals surface area contributed by atoms with Crippen LogP contribution >= 0.6 is 0 Å². The van der Waals surface area contributed by atoms with Crippen molar-refractivity contribution in [1.82, 2.24) is 4.31 Å². The summed E-state index contributed by atoms with van der Waals surface area (Å²) < 4.78 is 37.1. The van der Waals surface area contributed by atoms with Crippen LogP contribution in [0.5, 0.6) is 5.75 Å². The summed E-state index contributed by atoms with van der Waals surface area (Å²) >= 11 is 0. The molecule has 1 aliphatic rings. The van der Waals surface area contributed by atoms with Crippen LogP contribution in [0.3, 0.4) is 0 Å². The zero-order valence-corrected chi connectivity index (χ0v) is 15.5. The number of hydrogen-bond acceptors (Lipinski definition) is 5. The molecule has 25 heavy (non-hydrogen) atoms. The molecule has 0 amide bonds. The van der Waals surface area contributed by atoms with E-state index in [1.54, 1.807) is 19.1 Å². The molecule has 1 aliphatic heterocycles. The molecule has 7 heteroatoms. The molecule has 2 rings (SSSR count). The minimum Gasteiger partial charge on any atom is -0.497 e. The van der Waals surface area contributed by atoms with E-state index in [4.69, 9.17) is 9.47 Å². The van der Waals surface area contributed by atoms with E-state index in [0.717, 1.165) is 5.57 Å². The molecule has 0 radical (unpaired) electrons. The summed E-state index contributed by atoms with van der Waals surface area (Å²) in [7, 11) is -2.15. The van der Waals surface area contributed by atoms with Crippen LogP contribution in [0.25, 0.3) is 0 Å². The lowest BCUT2D eigenvalue weighted by Crippen LogP contribution is -2.29. The molecule has 0 bridgehead atoms. The summed E-state index contributed by atoms with van der Waals surface area (Å²) in [5, 5.41) is 0. The Labute approximate surface area is 148 Å². The van der Waals surface area contributed by atoms with E-state index in [1.165, 1.54) is 29.6 Å². The molecule has 136 valence electrons. The first-order valence-corrected chi connectivity index (χ1v) is 9.40. The molecule has 1 atom stereocenters. The number of ether oxygens (including phenoxy) is 2. The number of nitrogens with zero attached hydrogens (tertiary/aromatic N) is 1. The van der Waals surface area contributed by atoms with Gasteiger partial charge in [-0.1, -0.05) is 12.2 Å². The van der Waals surface area contributed by atoms with E-state index in [2.05, 4.69) is 6.58 Å². The van der Waals surface area contributed by atoms with E-state index in [-0.39, 0.29) is 30.5 Å². The van der Waals surface area contributed by atoms with Crippen molar-refractivity contribution in [3.63, 3.8) is 0 Å². The van der Waals surface area contributed by atoms with Crippen molar-refractivity contribution >= 4 is 16.0 Å². The minimum absolute atomic E-state index is 0.144. The number of carbonyl (C=O) groups excluding carboxylic acids is 1. The maximum atomic E-state index is 12.9. The van der Waals surface area contributed by atoms with E-state index in [0.29, 0.717) is 11.3 Å². The quantitative estimate of drug-likeness (QED) is 0.440. The molecule has 1 aromatic carbocycles. The monoisotopic (exact) mass is 365 g/mol. The van der Waals surface area contributed by atoms with Crippen LogP contribution in [0, 0.1) is 5.92 Å². The van der Waals surface area contributed by atoms with Crippen LogP contribution in [0.1, 0.15) is 13.8 Å². The molecule has 1 unspecified atom stereocenters. The second-order valence-electron chi connectivity index (χ2n) is 5.84. The normalized spacial score (nSPS) is 19.8. The van der Waals surface area contributed by atoms with Gasteiger partial charge >= 0.3 is 5.97 Å². The van der Waals surface area contributed by atoms with Crippen molar-refractivity contribution in [2.24, 2.45) is 5.92 Å². The smallest absolute Gasteiger partial charge is 0.330 e. The van der Waals surface area contributed by atoms with Crippen molar-refractivity contribution < 1.29 is 22.7 Å². The molecule has 0 aromatic heterocycles. The third-order valence-corrected chi connectivity index (χ3v) is 5.90. The van der Waals surface area contributed by atoms with Gasteiger partial charge in [0, 0.05) is 25.1 Å². The van der Waals surface area contributed by atoms with Crippen molar-refractivity contribution in [1.29, 1.82) is 0 Å². The Hall–Kier alpha value is -2.12. The molecule has 0 saturated carbocycles. The van der Waals surface area contributed by atoms with Crippen LogP contribution in [0.4, 0.5) is 0 Å². The highest BCUT2D eigenvalue weighted by atomic mass is 32.2. The Balaban J connectivity index is 2.29. The Morgan fingerprint density at radius 3 is 2.52 bits per heavy atom. The number of benzene rings is 1. The predicted molar refractivity (Wildman–Crippen MR) is 94.8 cm³/mol. The van der Waals surface area contributed by atoms with Gasteiger partial charge in [-0.25, -0.2) is 13.2 Å². The molecule has 1 saturated heterocycles. The van der Waals surface area contributed by atoms with Crippen LogP contribution in [-0.4, -0.2) is 45.5 Å². The third-order valence-electron chi connectivity index (χ3n) is 4.07. The van der Waals surface area contributed by atoms with E-state index in [9.17, 15) is 13.2 Å². The lowest BCUT2D eigenvalue weighted by molar-refractivity contribution is -0.137. The Morgan fingerprint density at radius 2 is 2.00 bits per heavy atom. The topological polar surface area (TPSA) is 72.9 Å². The van der Waals surface area contributed by atoms with E-state index in [1.807, 2.05) is 6.92 Å². The highest BCUT2D eigenvalue weighted by Crippen LogP contribution is 2.32. The van der Waals surface area contributed by atoms with Gasteiger partial charge in [0.2, 0.25) is 10.0 Å². The first kappa shape index (κ1) is 19.2. The number of hydrogen-bond donors (Lipinski definition) is 0. The van der Waals surface area contributed by atoms with Gasteiger partial charge in [-0.3, -0.25) is 0 Å². The fourth-order valence-electron chi connectivity index (χ4n) is 2.73. The molecule has 0 aliphatic carbocycles. The first-order chi connectivity index (χ1) is 11.8. The number of rotatable bonds is 6. The number of methoxy groups -OCH3 is 1. The number of sulfonamides is 1. The number of esters is 1. The Morgan fingerprint density at radius 1 is 1.36 bits per heavy atom. The third kappa shape index (κ3) is 4.29. The average Bonchev–Trinajstić information content (AvgIpc) is 3.00. The average molecular weight is 365 g/mol. The molecule has 6 nitrogen and oxygen atoms in total. The highest BCUT2D eigenvalue weighted by molar-refractivity contribution is 7.89. The largest absolute Gasteiger partial charge is 0.497 e. The molecule has 1 aromatic rings. The second kappa shape index (κ2) is 7.84. The summed E-state index contributed by atoms with van der Waals surface area (Å²) in [5.41, 5.74) is 1.51. The summed E-state index contributed by atoms with van der Waals surface area (Å²) in [5.74, 6) is -0.0760. The van der Waals surface area contributed by atoms with E-state index >= 15 is 0 Å². The van der Waals surface area contributed by atoms with E-state index < -0.39 is 16.0 Å². The van der Waals surface area contributed by atoms with Gasteiger partial charge in [0.05, 0.1) is 18.6 Å². The van der Waals surface area contributed by atoms with Gasteiger partial charge in [-0.05, 0) is 43.7 Å². The first-order valence-electron chi connectivity index (χ1n) is 7.96. The Bertz CT molecular complexity index is 780. The zero-order valence-electron chi connectivity index (χ0n) is 14.7. The van der Waals surface area contributed by atoms with Crippen molar-refractivity contribution in [3.8, 4) is 5.75 Å². The summed E-state index contributed by atoms with van der Waals surface area (Å²) in [6, 6.07) is 6.23. The Kier molecular flexibility index (Phi) is 6.02. The summed E-state index contributed by atoms with van der Waals surface area (Å²) in [6.45, 7) is 8.15. The summed E-state index contributed by atoms with van der Waals surface area (Å²) in [4.78, 5) is 11.9. The maximum Gasteiger partial charge on any atom is 0.330 e. The standard InChI is InChI=1S/C18H23NO5S/c1-5-24-18(20)10-14-11-19(12-17(14)13(2)3)25(21,22)16-8-6-15(23-4)7-9-16/h6-10,17H,2,5,11-12H2,1,3-4H3/b14-10+. The van der Waals surface area contributed by atoms with Gasteiger partial charge in [0.1, 0.15) is 5.75 Å². The molecule has 1 fully saturated rings. The molecule has 1 heterocycles. The second-order valence-corrected chi connectivity index (χ2v) is 7.78. The highest BCUT2D eigenvalue weighted by Gasteiger charge is 2.36. The fourth-order valence-corrected chi connectivity index (χ4v) is 4.18. The minimum atomic E-state index is -3.67. The van der Waals surface area contributed by atoms with Gasteiger partial charge < -0.3 is 9.47 Å². The lowest BCUT2D eigenvalue weighted by atomic mass is 9.96. The number of carbonyl (C=O) groups is 1. The van der Waals surface area contributed by atoms with Crippen LogP contribution in [0.2, 0.25) is 0 Å². The molecular weight excluding hydrogens is 342 g/mol. The zero-order chi connectivity index (χ0) is 18.6. The van der Waals surface area contributed by atoms with Crippen molar-refractivity contribution in [3.05, 3.63) is 48.1 Å². The van der Waals surface area contributed by atoms with Crippen molar-refractivity contribution in [2.45, 2.75) is 18.7 Å². The van der Waals surface area contributed by atoms with Crippen molar-refractivity contribution in [2.75, 3.05) is 26.8 Å². The van der Waals surface area contributed by atoms with Crippen LogP contribution in [-0.2, 0) is 19.6 Å². The molecule has 0 spiro atoms.